The minimum Gasteiger partial charge on any atom is -0.494 e. The van der Waals surface area contributed by atoms with Crippen molar-refractivity contribution in [2.45, 2.75) is 79.1 Å². The Kier molecular flexibility index (Phi) is 13.6. The van der Waals surface area contributed by atoms with Gasteiger partial charge in [-0.05, 0) is 197 Å². The summed E-state index contributed by atoms with van der Waals surface area (Å²) in [4.78, 5) is 4.88. The van der Waals surface area contributed by atoms with Crippen molar-refractivity contribution in [2.24, 2.45) is 0 Å². The molecule has 0 saturated heterocycles. The molecule has 0 spiro atoms. The van der Waals surface area contributed by atoms with Crippen LogP contribution in [0.5, 0.6) is 11.5 Å². The van der Waals surface area contributed by atoms with Crippen LogP contribution in [-0.2, 0) is 0 Å². The summed E-state index contributed by atoms with van der Waals surface area (Å²) in [6.45, 7) is 14.9. The zero-order chi connectivity index (χ0) is 54.4. The van der Waals surface area contributed by atoms with Crippen molar-refractivity contribution in [1.29, 1.82) is 0 Å². The number of hydrogen-bond acceptors (Lipinski definition) is 4. The van der Waals surface area contributed by atoms with E-state index in [2.05, 4.69) is 270 Å². The second kappa shape index (κ2) is 21.4. The molecule has 0 bridgehead atoms. The van der Waals surface area contributed by atoms with E-state index in [4.69, 9.17) is 9.47 Å². The van der Waals surface area contributed by atoms with E-state index in [9.17, 15) is 0 Å². The third-order valence-electron chi connectivity index (χ3n) is 16.6. The zero-order valence-corrected chi connectivity index (χ0v) is 46.9. The van der Waals surface area contributed by atoms with Crippen LogP contribution in [0.3, 0.4) is 0 Å². The van der Waals surface area contributed by atoms with Gasteiger partial charge in [0.2, 0.25) is 0 Å². The lowest BCUT2D eigenvalue weighted by molar-refractivity contribution is 0.309. The molecule has 4 nitrogen and oxygen atoms in total. The number of anilines is 6. The topological polar surface area (TPSA) is 24.9 Å². The third-order valence-corrected chi connectivity index (χ3v) is 16.6. The predicted octanol–water partition coefficient (Wildman–Crippen LogP) is 22.4. The zero-order valence-electron chi connectivity index (χ0n) is 46.9. The summed E-state index contributed by atoms with van der Waals surface area (Å²) >= 11 is 0. The highest BCUT2D eigenvalue weighted by atomic mass is 16.5. The number of fused-ring (bicyclic) bond motifs is 6. The standard InChI is InChI=1S/C76H68N2O2/c1-7-9-47-79-59-39-35-57(36-40-59)77(55-31-27-51(28-32-55)49(3)4)67-45-43-65-71-61(67)23-17-25-63(71)73-69(53-19-13-11-14-20-53)76-66-44-46-68(62-24-18-26-64(72(62)66)74(76)70(75(65)73)54-21-15-12-16-22-54)78(56-33-29-52(30-34-56)50(5)6)58-37-41-60(42-38-58)80-48-10-8-2/h11-46,49-50H,7-10,47-48H2,1-6H3. The first-order chi connectivity index (χ1) is 39.3. The molecule has 0 aliphatic carbocycles. The molecular weight excluding hydrogens is 973 g/mol. The lowest BCUT2D eigenvalue weighted by atomic mass is 9.87. The molecule has 0 radical (unpaired) electrons. The molecular formula is C76H68N2O2. The van der Waals surface area contributed by atoms with E-state index in [0.717, 1.165) is 71.3 Å². The Morgan fingerprint density at radius 3 is 0.975 bits per heavy atom. The molecule has 0 aliphatic rings. The lowest BCUT2D eigenvalue weighted by Crippen LogP contribution is -2.10. The minimum absolute atomic E-state index is 0.425. The Balaban J connectivity index is 1.10. The number of rotatable bonds is 18. The smallest absolute Gasteiger partial charge is 0.119 e. The van der Waals surface area contributed by atoms with Crippen LogP contribution in [0.2, 0.25) is 0 Å². The summed E-state index contributed by atoms with van der Waals surface area (Å²) in [5.41, 5.74) is 14.2. The van der Waals surface area contributed by atoms with Gasteiger partial charge in [0.25, 0.3) is 0 Å². The molecule has 0 aromatic heterocycles. The van der Waals surface area contributed by atoms with E-state index in [0.29, 0.717) is 25.0 Å². The summed E-state index contributed by atoms with van der Waals surface area (Å²) in [6, 6.07) is 81.6. The Hall–Kier alpha value is -8.86. The molecule has 4 heteroatoms. The molecule has 0 unspecified atom stereocenters. The molecule has 0 N–H and O–H groups in total. The molecule has 0 heterocycles. The van der Waals surface area contributed by atoms with Crippen molar-refractivity contribution < 1.29 is 9.47 Å². The summed E-state index contributed by atoms with van der Waals surface area (Å²) in [7, 11) is 0. The van der Waals surface area contributed by atoms with Gasteiger partial charge in [0.1, 0.15) is 11.5 Å². The molecule has 0 aliphatic heterocycles. The van der Waals surface area contributed by atoms with Crippen LogP contribution in [0.15, 0.2) is 218 Å². The average molecular weight is 1040 g/mol. The summed E-state index contributed by atoms with van der Waals surface area (Å²) in [5, 5.41) is 15.1. The second-order valence-electron chi connectivity index (χ2n) is 22.3. The molecule has 13 aromatic rings. The molecule has 80 heavy (non-hydrogen) atoms. The first-order valence-electron chi connectivity index (χ1n) is 29.0. The van der Waals surface area contributed by atoms with E-state index in [1.807, 2.05) is 0 Å². The first-order valence-corrected chi connectivity index (χ1v) is 29.0. The van der Waals surface area contributed by atoms with Gasteiger partial charge < -0.3 is 19.3 Å². The Bertz CT molecular complexity index is 3950. The summed E-state index contributed by atoms with van der Waals surface area (Å²) in [5.74, 6) is 2.63. The molecule has 0 fully saturated rings. The van der Waals surface area contributed by atoms with Gasteiger partial charge in [-0.2, -0.15) is 0 Å². The van der Waals surface area contributed by atoms with Gasteiger partial charge in [-0.15, -0.1) is 0 Å². The van der Waals surface area contributed by atoms with Crippen molar-refractivity contribution in [1.82, 2.24) is 0 Å². The van der Waals surface area contributed by atoms with Crippen molar-refractivity contribution in [2.75, 3.05) is 23.0 Å². The highest BCUT2D eigenvalue weighted by Gasteiger charge is 2.30. The van der Waals surface area contributed by atoms with Gasteiger partial charge in [-0.3, -0.25) is 0 Å². The van der Waals surface area contributed by atoms with Crippen LogP contribution >= 0.6 is 0 Å². The summed E-state index contributed by atoms with van der Waals surface area (Å²) < 4.78 is 12.4. The highest BCUT2D eigenvalue weighted by Crippen LogP contribution is 2.58. The summed E-state index contributed by atoms with van der Waals surface area (Å²) in [6.07, 6.45) is 4.25. The molecule has 394 valence electrons. The van der Waals surface area contributed by atoms with Gasteiger partial charge in [-0.1, -0.05) is 188 Å². The largest absolute Gasteiger partial charge is 0.494 e. The number of benzene rings is 11. The quantitative estimate of drug-likeness (QED) is 0.0800. The monoisotopic (exact) mass is 1040 g/mol. The van der Waals surface area contributed by atoms with Gasteiger partial charge in [0.05, 0.1) is 24.6 Å². The molecule has 13 rings (SSSR count). The Labute approximate surface area is 471 Å². The highest BCUT2D eigenvalue weighted by molar-refractivity contribution is 6.47. The van der Waals surface area contributed by atoms with E-state index >= 15 is 0 Å². The lowest BCUT2D eigenvalue weighted by Gasteiger charge is -2.27. The average Bonchev–Trinajstić information content (AvgIpc) is 4.16. The molecule has 13 aromatic carbocycles. The maximum atomic E-state index is 6.20. The third kappa shape index (κ3) is 8.79. The normalized spacial score (nSPS) is 11.9. The van der Waals surface area contributed by atoms with Crippen LogP contribution in [0.25, 0.3) is 86.9 Å². The van der Waals surface area contributed by atoms with Crippen molar-refractivity contribution in [3.05, 3.63) is 230 Å². The Morgan fingerprint density at radius 1 is 0.312 bits per heavy atom. The van der Waals surface area contributed by atoms with E-state index in [1.54, 1.807) is 0 Å². The molecule has 0 atom stereocenters. The van der Waals surface area contributed by atoms with E-state index < -0.39 is 0 Å². The van der Waals surface area contributed by atoms with E-state index in [1.165, 1.54) is 98.0 Å². The fourth-order valence-corrected chi connectivity index (χ4v) is 12.5. The maximum Gasteiger partial charge on any atom is 0.119 e. The molecule has 0 amide bonds. The van der Waals surface area contributed by atoms with Crippen molar-refractivity contribution in [3.8, 4) is 33.8 Å². The minimum atomic E-state index is 0.425. The van der Waals surface area contributed by atoms with Crippen molar-refractivity contribution >= 4 is 98.8 Å². The number of hydrogen-bond donors (Lipinski definition) is 0. The predicted molar refractivity (Wildman–Crippen MR) is 343 cm³/mol. The van der Waals surface area contributed by atoms with Gasteiger partial charge in [0, 0.05) is 33.5 Å². The van der Waals surface area contributed by atoms with E-state index in [-0.39, 0.29) is 0 Å². The van der Waals surface area contributed by atoms with Gasteiger partial charge in [0.15, 0.2) is 0 Å². The Morgan fingerprint density at radius 2 is 0.637 bits per heavy atom. The number of unbranched alkanes of at least 4 members (excludes halogenated alkanes) is 2. The number of ether oxygens (including phenoxy) is 2. The van der Waals surface area contributed by atoms with Crippen LogP contribution in [0, 0.1) is 0 Å². The fraction of sp³-hybridized carbons (Fsp3) is 0.184. The molecule has 0 saturated carbocycles. The number of nitrogens with zero attached hydrogens (tertiary/aromatic N) is 2. The van der Waals surface area contributed by atoms with Crippen LogP contribution in [0.1, 0.15) is 90.2 Å². The van der Waals surface area contributed by atoms with Gasteiger partial charge in [-0.25, -0.2) is 0 Å². The van der Waals surface area contributed by atoms with Crippen molar-refractivity contribution in [3.63, 3.8) is 0 Å². The first kappa shape index (κ1) is 50.6. The van der Waals surface area contributed by atoms with Gasteiger partial charge >= 0.3 is 0 Å². The van der Waals surface area contributed by atoms with Crippen LogP contribution in [0.4, 0.5) is 34.1 Å². The fourth-order valence-electron chi connectivity index (χ4n) is 12.5. The van der Waals surface area contributed by atoms with Crippen LogP contribution in [-0.4, -0.2) is 13.2 Å². The maximum absolute atomic E-state index is 6.20. The second-order valence-corrected chi connectivity index (χ2v) is 22.3. The van der Waals surface area contributed by atoms with Crippen LogP contribution < -0.4 is 19.3 Å². The SMILES string of the molecule is CCCCOc1ccc(N(c2ccc(C(C)C)cc2)c2ccc3c4c(-c5ccccc5)c5c6cccc7c(N(c8ccc(OCCCC)cc8)c8ccc(C(C)C)cc8)ccc(c5c(-c5ccccc5)c4c4cccc2c43)c76)cc1.